The molecule has 0 unspecified atom stereocenters. The Hall–Kier alpha value is -4.28. The van der Waals surface area contributed by atoms with Gasteiger partial charge in [-0.1, -0.05) is 18.2 Å². The summed E-state index contributed by atoms with van der Waals surface area (Å²) in [6, 6.07) is 12.2. The van der Waals surface area contributed by atoms with Gasteiger partial charge in [-0.05, 0) is 43.5 Å². The van der Waals surface area contributed by atoms with E-state index in [9.17, 15) is 14.0 Å². The third kappa shape index (κ3) is 4.57. The standard InChI is InChI=1S/C24H24FN7O3/c1-15-4-2-6-17(20(15)25)21(33)32-12-9-24(10-13-32,22-30-31-23(34)35-22)14-16-5-3-7-18(27-16)28-19-8-11-26-29-19/h2-8,11H,9-10,12-14H2,1H3,(H,31,34)(H2,26,27,28,29). The van der Waals surface area contributed by atoms with Crippen molar-refractivity contribution >= 4 is 17.5 Å². The summed E-state index contributed by atoms with van der Waals surface area (Å²) in [7, 11) is 0. The topological polar surface area (TPSA) is 133 Å². The van der Waals surface area contributed by atoms with Crippen molar-refractivity contribution < 1.29 is 13.6 Å². The highest BCUT2D eigenvalue weighted by Gasteiger charge is 2.42. The van der Waals surface area contributed by atoms with Crippen molar-refractivity contribution in [1.29, 1.82) is 0 Å². The molecule has 3 aromatic heterocycles. The SMILES string of the molecule is Cc1cccc(C(=O)N2CCC(Cc3cccc(Nc4ccn[nH]4)n3)(c3n[nH]c(=O)o3)CC2)c1F. The maximum Gasteiger partial charge on any atom is 0.434 e. The van der Waals surface area contributed by atoms with Crippen molar-refractivity contribution in [2.45, 2.75) is 31.6 Å². The van der Waals surface area contributed by atoms with Gasteiger partial charge in [0.05, 0.1) is 17.2 Å². The van der Waals surface area contributed by atoms with E-state index in [1.54, 1.807) is 36.2 Å². The van der Waals surface area contributed by atoms with Crippen molar-refractivity contribution in [3.63, 3.8) is 0 Å². The van der Waals surface area contributed by atoms with Crippen LogP contribution in [0.25, 0.3) is 0 Å². The number of amides is 1. The van der Waals surface area contributed by atoms with Crippen molar-refractivity contribution in [2.24, 2.45) is 0 Å². The predicted octanol–water partition coefficient (Wildman–Crippen LogP) is 3.09. The van der Waals surface area contributed by atoms with Crippen LogP contribution in [-0.2, 0) is 11.8 Å². The minimum Gasteiger partial charge on any atom is -0.392 e. The molecule has 0 aliphatic carbocycles. The number of halogens is 1. The largest absolute Gasteiger partial charge is 0.434 e. The number of pyridine rings is 1. The second-order valence-corrected chi connectivity index (χ2v) is 8.71. The zero-order valence-corrected chi connectivity index (χ0v) is 19.0. The third-order valence-electron chi connectivity index (χ3n) is 6.41. The summed E-state index contributed by atoms with van der Waals surface area (Å²) in [4.78, 5) is 31.1. The summed E-state index contributed by atoms with van der Waals surface area (Å²) >= 11 is 0. The lowest BCUT2D eigenvalue weighted by Gasteiger charge is -2.39. The van der Waals surface area contributed by atoms with E-state index in [2.05, 4.69) is 25.7 Å². The van der Waals surface area contributed by atoms with Crippen LogP contribution in [-0.4, -0.2) is 49.3 Å². The Kier molecular flexibility index (Phi) is 5.89. The number of H-pyrrole nitrogens is 2. The van der Waals surface area contributed by atoms with Gasteiger partial charge in [0.15, 0.2) is 0 Å². The van der Waals surface area contributed by atoms with Gasteiger partial charge in [0.25, 0.3) is 5.91 Å². The molecular formula is C24H24FN7O3. The molecule has 1 saturated heterocycles. The molecule has 1 fully saturated rings. The molecule has 35 heavy (non-hydrogen) atoms. The van der Waals surface area contributed by atoms with Crippen molar-refractivity contribution in [2.75, 3.05) is 18.4 Å². The second kappa shape index (κ2) is 9.16. The van der Waals surface area contributed by atoms with Crippen LogP contribution in [0.2, 0.25) is 0 Å². The molecule has 4 aromatic rings. The number of carbonyl (C=O) groups excluding carboxylic acids is 1. The highest BCUT2D eigenvalue weighted by molar-refractivity contribution is 5.94. The fraction of sp³-hybridized carbons (Fsp3) is 0.292. The average Bonchev–Trinajstić information content (AvgIpc) is 3.53. The van der Waals surface area contributed by atoms with E-state index in [-0.39, 0.29) is 17.4 Å². The van der Waals surface area contributed by atoms with Crippen LogP contribution in [0.1, 0.15) is 40.3 Å². The van der Waals surface area contributed by atoms with E-state index in [1.807, 2.05) is 18.2 Å². The summed E-state index contributed by atoms with van der Waals surface area (Å²) in [5.74, 6) is 0.128. The Balaban J connectivity index is 1.38. The minimum atomic E-state index is -0.652. The number of aromatic nitrogens is 5. The highest BCUT2D eigenvalue weighted by atomic mass is 19.1. The number of rotatable bonds is 6. The normalized spacial score (nSPS) is 15.2. The number of benzene rings is 1. The molecule has 180 valence electrons. The van der Waals surface area contributed by atoms with E-state index >= 15 is 0 Å². The summed E-state index contributed by atoms with van der Waals surface area (Å²) in [6.07, 6.45) is 3.03. The quantitative estimate of drug-likeness (QED) is 0.389. The number of anilines is 2. The van der Waals surface area contributed by atoms with E-state index < -0.39 is 17.0 Å². The molecule has 0 atom stereocenters. The second-order valence-electron chi connectivity index (χ2n) is 8.71. The van der Waals surface area contributed by atoms with E-state index in [0.29, 0.717) is 49.6 Å². The molecule has 0 radical (unpaired) electrons. The van der Waals surface area contributed by atoms with E-state index in [4.69, 9.17) is 9.40 Å². The molecule has 0 bridgehead atoms. The molecule has 1 aliphatic rings. The maximum absolute atomic E-state index is 14.6. The molecule has 1 aromatic carbocycles. The number of nitrogens with zero attached hydrogens (tertiary/aromatic N) is 4. The number of likely N-dealkylation sites (tertiary alicyclic amines) is 1. The molecule has 0 saturated carbocycles. The molecule has 10 nitrogen and oxygen atoms in total. The Morgan fingerprint density at radius 2 is 1.97 bits per heavy atom. The molecule has 11 heteroatoms. The molecule has 0 spiro atoms. The van der Waals surface area contributed by atoms with Gasteiger partial charge in [-0.3, -0.25) is 9.89 Å². The Morgan fingerprint density at radius 1 is 1.17 bits per heavy atom. The van der Waals surface area contributed by atoms with Crippen molar-refractivity contribution in [3.8, 4) is 0 Å². The number of piperidine rings is 1. The molecule has 1 aliphatic heterocycles. The van der Waals surface area contributed by atoms with Gasteiger partial charge >= 0.3 is 5.76 Å². The van der Waals surface area contributed by atoms with Crippen LogP contribution in [0.5, 0.6) is 0 Å². The van der Waals surface area contributed by atoms with Crippen molar-refractivity contribution in [3.05, 3.63) is 87.7 Å². The number of nitrogens with one attached hydrogen (secondary N) is 3. The molecule has 3 N–H and O–H groups in total. The third-order valence-corrected chi connectivity index (χ3v) is 6.41. The summed E-state index contributed by atoms with van der Waals surface area (Å²) in [5.41, 5.74) is 0.601. The van der Waals surface area contributed by atoms with Crippen LogP contribution in [0.3, 0.4) is 0 Å². The van der Waals surface area contributed by atoms with Gasteiger partial charge < -0.3 is 14.6 Å². The van der Waals surface area contributed by atoms with Crippen LogP contribution >= 0.6 is 0 Å². The number of hydrogen-bond donors (Lipinski definition) is 3. The summed E-state index contributed by atoms with van der Waals surface area (Å²) in [6.45, 7) is 2.35. The van der Waals surface area contributed by atoms with Gasteiger partial charge in [0.1, 0.15) is 17.5 Å². The lowest BCUT2D eigenvalue weighted by Crippen LogP contribution is -2.46. The fourth-order valence-corrected chi connectivity index (χ4v) is 4.50. The Labute approximate surface area is 199 Å². The van der Waals surface area contributed by atoms with Crippen LogP contribution in [0.4, 0.5) is 16.0 Å². The minimum absolute atomic E-state index is 0.0584. The molecule has 1 amide bonds. The first kappa shape index (κ1) is 22.5. The van der Waals surface area contributed by atoms with Crippen LogP contribution in [0, 0.1) is 12.7 Å². The average molecular weight is 478 g/mol. The van der Waals surface area contributed by atoms with Crippen molar-refractivity contribution in [1.82, 2.24) is 30.3 Å². The number of aryl methyl sites for hydroxylation is 1. The molecule has 4 heterocycles. The summed E-state index contributed by atoms with van der Waals surface area (Å²) in [5, 5.41) is 16.4. The first-order valence-electron chi connectivity index (χ1n) is 11.3. The van der Waals surface area contributed by atoms with E-state index in [0.717, 1.165) is 5.69 Å². The Bertz CT molecular complexity index is 1390. The maximum atomic E-state index is 14.6. The number of hydrogen-bond acceptors (Lipinski definition) is 7. The predicted molar refractivity (Wildman–Crippen MR) is 125 cm³/mol. The summed E-state index contributed by atoms with van der Waals surface area (Å²) < 4.78 is 19.9. The van der Waals surface area contributed by atoms with Gasteiger partial charge in [-0.2, -0.15) is 5.10 Å². The Morgan fingerprint density at radius 3 is 2.69 bits per heavy atom. The monoisotopic (exact) mass is 477 g/mol. The molecule has 5 rings (SSSR count). The first-order valence-corrected chi connectivity index (χ1v) is 11.3. The van der Waals surface area contributed by atoms with Gasteiger partial charge in [-0.15, -0.1) is 5.10 Å². The smallest absolute Gasteiger partial charge is 0.392 e. The molecular weight excluding hydrogens is 453 g/mol. The lowest BCUT2D eigenvalue weighted by molar-refractivity contribution is 0.0636. The number of aromatic amines is 2. The van der Waals surface area contributed by atoms with E-state index in [1.165, 1.54) is 6.07 Å². The van der Waals surface area contributed by atoms with Crippen LogP contribution in [0.15, 0.2) is 57.9 Å². The van der Waals surface area contributed by atoms with Crippen LogP contribution < -0.4 is 11.1 Å². The fourth-order valence-electron chi connectivity index (χ4n) is 4.50. The zero-order valence-electron chi connectivity index (χ0n) is 19.0. The van der Waals surface area contributed by atoms with Gasteiger partial charge in [0.2, 0.25) is 5.89 Å². The zero-order chi connectivity index (χ0) is 24.4. The number of carbonyl (C=O) groups is 1. The highest BCUT2D eigenvalue weighted by Crippen LogP contribution is 2.37. The van der Waals surface area contributed by atoms with Gasteiger partial charge in [-0.25, -0.2) is 19.3 Å². The lowest BCUT2D eigenvalue weighted by atomic mass is 9.74. The first-order chi connectivity index (χ1) is 16.9. The van der Waals surface area contributed by atoms with Gasteiger partial charge in [0, 0.05) is 31.3 Å².